The van der Waals surface area contributed by atoms with Gasteiger partial charge in [0.25, 0.3) is 0 Å². The normalized spacial score (nSPS) is 28.4. The lowest BCUT2D eigenvalue weighted by Gasteiger charge is -2.38. The Kier molecular flexibility index (Phi) is 4.50. The van der Waals surface area contributed by atoms with Crippen molar-refractivity contribution in [2.24, 2.45) is 18.4 Å². The Morgan fingerprint density at radius 3 is 2.96 bits per heavy atom. The second-order valence-electron chi connectivity index (χ2n) is 7.58. The molecule has 3 atom stereocenters. The minimum Gasteiger partial charge on any atom is -0.353 e. The topological polar surface area (TPSA) is 59.0 Å². The number of hydrogen-bond donors (Lipinski definition) is 2. The summed E-state index contributed by atoms with van der Waals surface area (Å²) < 4.78 is 1.93. The molecular weight excluding hydrogens is 288 g/mol. The molecule has 2 fully saturated rings. The fraction of sp³-hybridized carbons (Fsp3) is 0.778. The summed E-state index contributed by atoms with van der Waals surface area (Å²) in [4.78, 5) is 13.0. The second kappa shape index (κ2) is 6.27. The van der Waals surface area contributed by atoms with Gasteiger partial charge in [-0.25, -0.2) is 0 Å². The van der Waals surface area contributed by atoms with E-state index in [1.54, 1.807) is 0 Å². The number of nitrogens with zero attached hydrogens (tertiary/aromatic N) is 2. The monoisotopic (exact) mass is 318 g/mol. The van der Waals surface area contributed by atoms with Gasteiger partial charge in [-0.15, -0.1) is 0 Å². The minimum absolute atomic E-state index is 0.140. The zero-order valence-corrected chi connectivity index (χ0v) is 14.9. The molecule has 1 amide bonds. The van der Waals surface area contributed by atoms with Gasteiger partial charge in [0, 0.05) is 25.3 Å². The highest BCUT2D eigenvalue weighted by Gasteiger charge is 2.49. The molecule has 0 aromatic carbocycles. The van der Waals surface area contributed by atoms with Crippen molar-refractivity contribution in [2.75, 3.05) is 13.1 Å². The van der Waals surface area contributed by atoms with E-state index < -0.39 is 0 Å². The molecule has 1 saturated carbocycles. The number of carbonyl (C=O) groups excluding carboxylic acids is 1. The minimum atomic E-state index is -0.161. The highest BCUT2D eigenvalue weighted by Crippen LogP contribution is 2.44. The van der Waals surface area contributed by atoms with Crippen molar-refractivity contribution in [1.82, 2.24) is 20.4 Å². The summed E-state index contributed by atoms with van der Waals surface area (Å²) in [7, 11) is 1.98. The van der Waals surface area contributed by atoms with E-state index >= 15 is 0 Å². The predicted octanol–water partition coefficient (Wildman–Crippen LogP) is 1.86. The van der Waals surface area contributed by atoms with Crippen molar-refractivity contribution in [3.63, 3.8) is 0 Å². The Labute approximate surface area is 139 Å². The van der Waals surface area contributed by atoms with E-state index in [4.69, 9.17) is 0 Å². The molecule has 1 aliphatic heterocycles. The molecule has 2 aliphatic rings. The molecule has 0 spiro atoms. The molecule has 1 aromatic rings. The third-order valence-electron chi connectivity index (χ3n) is 6.04. The number of carbonyl (C=O) groups is 1. The molecule has 1 aliphatic carbocycles. The zero-order valence-electron chi connectivity index (χ0n) is 14.9. The molecule has 128 valence electrons. The molecule has 5 heteroatoms. The molecule has 0 radical (unpaired) electrons. The lowest BCUT2D eigenvalue weighted by atomic mass is 9.67. The molecule has 1 aromatic heterocycles. The molecule has 3 rings (SSSR count). The largest absolute Gasteiger partial charge is 0.353 e. The van der Waals surface area contributed by atoms with Crippen LogP contribution in [-0.4, -0.2) is 34.8 Å². The quantitative estimate of drug-likeness (QED) is 0.891. The van der Waals surface area contributed by atoms with E-state index in [2.05, 4.69) is 29.6 Å². The SMILES string of the molecule is Cc1nn(C)c(C)c1CC(C)NC(=O)[C@@]12CCCC[C@H]1CNC2. The van der Waals surface area contributed by atoms with Crippen LogP contribution in [0.1, 0.15) is 49.6 Å². The Bertz CT molecular complexity index is 594. The van der Waals surface area contributed by atoms with Crippen LogP contribution < -0.4 is 10.6 Å². The number of amides is 1. The number of nitrogens with one attached hydrogen (secondary N) is 2. The first-order chi connectivity index (χ1) is 10.9. The lowest BCUT2D eigenvalue weighted by molar-refractivity contribution is -0.134. The Balaban J connectivity index is 1.67. The molecule has 2 N–H and O–H groups in total. The summed E-state index contributed by atoms with van der Waals surface area (Å²) in [6.07, 6.45) is 5.53. The van der Waals surface area contributed by atoms with Gasteiger partial charge in [0.05, 0.1) is 11.1 Å². The Morgan fingerprint density at radius 2 is 2.26 bits per heavy atom. The fourth-order valence-corrected chi connectivity index (χ4v) is 4.53. The van der Waals surface area contributed by atoms with E-state index in [1.807, 2.05) is 18.7 Å². The van der Waals surface area contributed by atoms with Crippen LogP contribution in [0.25, 0.3) is 0 Å². The fourth-order valence-electron chi connectivity index (χ4n) is 4.53. The van der Waals surface area contributed by atoms with Crippen LogP contribution in [0, 0.1) is 25.2 Å². The van der Waals surface area contributed by atoms with Crippen LogP contribution in [-0.2, 0) is 18.3 Å². The number of rotatable bonds is 4. The van der Waals surface area contributed by atoms with Crippen LogP contribution >= 0.6 is 0 Å². The molecular formula is C18H30N4O. The van der Waals surface area contributed by atoms with Crippen molar-refractivity contribution in [2.45, 2.75) is 58.9 Å². The van der Waals surface area contributed by atoms with Gasteiger partial charge in [0.1, 0.15) is 0 Å². The van der Waals surface area contributed by atoms with Crippen molar-refractivity contribution in [1.29, 1.82) is 0 Å². The molecule has 23 heavy (non-hydrogen) atoms. The van der Waals surface area contributed by atoms with E-state index in [1.165, 1.54) is 30.5 Å². The van der Waals surface area contributed by atoms with E-state index in [-0.39, 0.29) is 17.4 Å². The van der Waals surface area contributed by atoms with Gasteiger partial charge >= 0.3 is 0 Å². The highest BCUT2D eigenvalue weighted by atomic mass is 16.2. The maximum Gasteiger partial charge on any atom is 0.228 e. The van der Waals surface area contributed by atoms with Crippen molar-refractivity contribution >= 4 is 5.91 Å². The first kappa shape index (κ1) is 16.5. The number of aryl methyl sites for hydroxylation is 2. The summed E-state index contributed by atoms with van der Waals surface area (Å²) in [5.74, 6) is 0.782. The van der Waals surface area contributed by atoms with Gasteiger partial charge in [-0.3, -0.25) is 9.48 Å². The second-order valence-corrected chi connectivity index (χ2v) is 7.58. The van der Waals surface area contributed by atoms with Crippen LogP contribution in [0.4, 0.5) is 0 Å². The van der Waals surface area contributed by atoms with E-state index in [0.29, 0.717) is 5.92 Å². The molecule has 2 heterocycles. The Morgan fingerprint density at radius 1 is 1.48 bits per heavy atom. The van der Waals surface area contributed by atoms with Gasteiger partial charge in [-0.1, -0.05) is 12.8 Å². The molecule has 5 nitrogen and oxygen atoms in total. The van der Waals surface area contributed by atoms with Gasteiger partial charge in [-0.05, 0) is 58.1 Å². The standard InChI is InChI=1S/C18H30N4O/c1-12(9-16-13(2)21-22(4)14(16)3)20-17(23)18-8-6-5-7-15(18)10-19-11-18/h12,15,19H,5-11H2,1-4H3,(H,20,23)/t12?,15-,18+/m0/s1. The third-order valence-corrected chi connectivity index (χ3v) is 6.04. The average molecular weight is 318 g/mol. The molecule has 0 bridgehead atoms. The number of aromatic nitrogens is 2. The van der Waals surface area contributed by atoms with Crippen LogP contribution in [0.5, 0.6) is 0 Å². The summed E-state index contributed by atoms with van der Waals surface area (Å²) in [5, 5.41) is 11.2. The highest BCUT2D eigenvalue weighted by molar-refractivity contribution is 5.84. The van der Waals surface area contributed by atoms with Crippen LogP contribution in [0.15, 0.2) is 0 Å². The van der Waals surface area contributed by atoms with E-state index in [0.717, 1.165) is 31.6 Å². The van der Waals surface area contributed by atoms with Gasteiger partial charge < -0.3 is 10.6 Å². The summed E-state index contributed by atoms with van der Waals surface area (Å²) >= 11 is 0. The first-order valence-corrected chi connectivity index (χ1v) is 8.95. The molecule has 1 unspecified atom stereocenters. The van der Waals surface area contributed by atoms with Crippen molar-refractivity contribution in [3.8, 4) is 0 Å². The maximum atomic E-state index is 13.0. The first-order valence-electron chi connectivity index (χ1n) is 8.95. The smallest absolute Gasteiger partial charge is 0.228 e. The van der Waals surface area contributed by atoms with E-state index in [9.17, 15) is 4.79 Å². The lowest BCUT2D eigenvalue weighted by Crippen LogP contribution is -2.50. The summed E-state index contributed by atoms with van der Waals surface area (Å²) in [6, 6.07) is 0.140. The van der Waals surface area contributed by atoms with Crippen molar-refractivity contribution in [3.05, 3.63) is 17.0 Å². The zero-order chi connectivity index (χ0) is 16.6. The van der Waals surface area contributed by atoms with Crippen LogP contribution in [0.3, 0.4) is 0 Å². The summed E-state index contributed by atoms with van der Waals surface area (Å²) in [5.41, 5.74) is 3.37. The third kappa shape index (κ3) is 2.91. The van der Waals surface area contributed by atoms with Gasteiger partial charge in [0.2, 0.25) is 5.91 Å². The predicted molar refractivity (Wildman–Crippen MR) is 91.3 cm³/mol. The summed E-state index contributed by atoms with van der Waals surface area (Å²) in [6.45, 7) is 8.11. The Hall–Kier alpha value is -1.36. The van der Waals surface area contributed by atoms with Crippen LogP contribution in [0.2, 0.25) is 0 Å². The van der Waals surface area contributed by atoms with Crippen molar-refractivity contribution < 1.29 is 4.79 Å². The maximum absolute atomic E-state index is 13.0. The van der Waals surface area contributed by atoms with Gasteiger partial charge in [0.15, 0.2) is 0 Å². The molecule has 1 saturated heterocycles. The van der Waals surface area contributed by atoms with Gasteiger partial charge in [-0.2, -0.15) is 5.10 Å². The average Bonchev–Trinajstić information content (AvgIpc) is 3.05. The number of hydrogen-bond acceptors (Lipinski definition) is 3. The number of fused-ring (bicyclic) bond motifs is 1.